The summed E-state index contributed by atoms with van der Waals surface area (Å²) in [5.74, 6) is 5.64. The van der Waals surface area contributed by atoms with Gasteiger partial charge in [0.05, 0.1) is 11.6 Å². The van der Waals surface area contributed by atoms with Crippen molar-refractivity contribution in [3.05, 3.63) is 28.8 Å². The Morgan fingerprint density at radius 1 is 1.42 bits per heavy atom. The molecule has 1 aromatic rings. The Balaban J connectivity index is 2.10. The molecule has 0 bridgehead atoms. The van der Waals surface area contributed by atoms with Gasteiger partial charge in [-0.15, -0.1) is 0 Å². The van der Waals surface area contributed by atoms with Crippen LogP contribution in [0.5, 0.6) is 0 Å². The number of halogens is 1. The van der Waals surface area contributed by atoms with E-state index in [1.807, 2.05) is 0 Å². The van der Waals surface area contributed by atoms with E-state index in [2.05, 4.69) is 17.2 Å². The number of urea groups is 1. The minimum absolute atomic E-state index is 0.0717. The SMILES string of the molecule is NCC#Cc1cc(NC(=O)N2CCCC2)ccc1Cl. The lowest BCUT2D eigenvalue weighted by molar-refractivity contribution is 0.222. The first-order chi connectivity index (χ1) is 9.20. The Labute approximate surface area is 117 Å². The number of nitrogens with zero attached hydrogens (tertiary/aromatic N) is 1. The van der Waals surface area contributed by atoms with Crippen LogP contribution in [0.3, 0.4) is 0 Å². The van der Waals surface area contributed by atoms with Crippen molar-refractivity contribution in [1.82, 2.24) is 4.90 Å². The number of likely N-dealkylation sites (tertiary alicyclic amines) is 1. The first kappa shape index (κ1) is 13.7. The average Bonchev–Trinajstić information content (AvgIpc) is 2.93. The van der Waals surface area contributed by atoms with Gasteiger partial charge in [0.1, 0.15) is 0 Å². The van der Waals surface area contributed by atoms with Crippen LogP contribution in [-0.4, -0.2) is 30.6 Å². The lowest BCUT2D eigenvalue weighted by Gasteiger charge is -2.16. The number of benzene rings is 1. The predicted molar refractivity (Wildman–Crippen MR) is 77.2 cm³/mol. The normalized spacial score (nSPS) is 13.9. The molecule has 5 heteroatoms. The van der Waals surface area contributed by atoms with Crippen molar-refractivity contribution in [1.29, 1.82) is 0 Å². The van der Waals surface area contributed by atoms with Crippen LogP contribution in [0.15, 0.2) is 18.2 Å². The number of rotatable bonds is 1. The van der Waals surface area contributed by atoms with Gasteiger partial charge in [-0.05, 0) is 31.0 Å². The molecule has 0 saturated carbocycles. The molecule has 19 heavy (non-hydrogen) atoms. The van der Waals surface area contributed by atoms with Gasteiger partial charge in [-0.1, -0.05) is 23.4 Å². The zero-order valence-electron chi connectivity index (χ0n) is 10.6. The van der Waals surface area contributed by atoms with Gasteiger partial charge < -0.3 is 16.0 Å². The summed E-state index contributed by atoms with van der Waals surface area (Å²) in [4.78, 5) is 13.8. The largest absolute Gasteiger partial charge is 0.325 e. The third kappa shape index (κ3) is 3.63. The molecule has 100 valence electrons. The summed E-state index contributed by atoms with van der Waals surface area (Å²) >= 11 is 6.03. The monoisotopic (exact) mass is 277 g/mol. The maximum absolute atomic E-state index is 12.0. The van der Waals surface area contributed by atoms with E-state index in [0.29, 0.717) is 16.3 Å². The molecule has 3 N–H and O–H groups in total. The molecule has 0 radical (unpaired) electrons. The van der Waals surface area contributed by atoms with E-state index in [-0.39, 0.29) is 12.6 Å². The molecule has 1 fully saturated rings. The van der Waals surface area contributed by atoms with Gasteiger partial charge in [0.15, 0.2) is 0 Å². The van der Waals surface area contributed by atoms with E-state index in [1.54, 1.807) is 23.1 Å². The number of amides is 2. The van der Waals surface area contributed by atoms with Crippen LogP contribution >= 0.6 is 11.6 Å². The molecule has 4 nitrogen and oxygen atoms in total. The molecule has 1 aliphatic rings. The highest BCUT2D eigenvalue weighted by molar-refractivity contribution is 6.31. The molecule has 2 amide bonds. The number of anilines is 1. The zero-order chi connectivity index (χ0) is 13.7. The summed E-state index contributed by atoms with van der Waals surface area (Å²) < 4.78 is 0. The second-order valence-corrected chi connectivity index (χ2v) is 4.73. The van der Waals surface area contributed by atoms with Gasteiger partial charge in [-0.3, -0.25) is 0 Å². The fourth-order valence-corrected chi connectivity index (χ4v) is 2.13. The van der Waals surface area contributed by atoms with Gasteiger partial charge in [0, 0.05) is 24.3 Å². The fraction of sp³-hybridized carbons (Fsp3) is 0.357. The van der Waals surface area contributed by atoms with Crippen LogP contribution in [0, 0.1) is 11.8 Å². The van der Waals surface area contributed by atoms with E-state index in [4.69, 9.17) is 17.3 Å². The Hall–Kier alpha value is -1.70. The minimum Gasteiger partial charge on any atom is -0.325 e. The topological polar surface area (TPSA) is 58.4 Å². The Kier molecular flexibility index (Phi) is 4.67. The lowest BCUT2D eigenvalue weighted by atomic mass is 10.2. The molecule has 1 aliphatic heterocycles. The molecule has 0 unspecified atom stereocenters. The Morgan fingerprint density at radius 2 is 2.16 bits per heavy atom. The van der Waals surface area contributed by atoms with Crippen molar-refractivity contribution in [3.8, 4) is 11.8 Å². The average molecular weight is 278 g/mol. The summed E-state index contributed by atoms with van der Waals surface area (Å²) in [5, 5.41) is 3.41. The van der Waals surface area contributed by atoms with Crippen molar-refractivity contribution in [2.24, 2.45) is 5.73 Å². The molecule has 2 rings (SSSR count). The molecule has 0 aliphatic carbocycles. The smallest absolute Gasteiger partial charge is 0.321 e. The summed E-state index contributed by atoms with van der Waals surface area (Å²) in [6.45, 7) is 1.92. The van der Waals surface area contributed by atoms with Crippen LogP contribution < -0.4 is 11.1 Å². The van der Waals surface area contributed by atoms with E-state index in [1.165, 1.54) is 0 Å². The number of hydrogen-bond donors (Lipinski definition) is 2. The van der Waals surface area contributed by atoms with Gasteiger partial charge in [0.2, 0.25) is 0 Å². The molecular formula is C14H16ClN3O. The Bertz CT molecular complexity index is 527. The van der Waals surface area contributed by atoms with Gasteiger partial charge in [-0.2, -0.15) is 0 Å². The van der Waals surface area contributed by atoms with Gasteiger partial charge in [-0.25, -0.2) is 4.79 Å². The quantitative estimate of drug-likeness (QED) is 0.774. The third-order valence-corrected chi connectivity index (χ3v) is 3.27. The highest BCUT2D eigenvalue weighted by Crippen LogP contribution is 2.20. The first-order valence-electron chi connectivity index (χ1n) is 6.25. The number of nitrogens with two attached hydrogens (primary N) is 1. The number of hydrogen-bond acceptors (Lipinski definition) is 2. The van der Waals surface area contributed by atoms with Crippen molar-refractivity contribution < 1.29 is 4.79 Å². The molecule has 1 heterocycles. The molecule has 0 aromatic heterocycles. The number of nitrogens with one attached hydrogen (secondary N) is 1. The first-order valence-corrected chi connectivity index (χ1v) is 6.63. The van der Waals surface area contributed by atoms with Crippen LogP contribution in [0.4, 0.5) is 10.5 Å². The summed E-state index contributed by atoms with van der Waals surface area (Å²) in [6, 6.07) is 5.18. The van der Waals surface area contributed by atoms with E-state index in [0.717, 1.165) is 25.9 Å². The van der Waals surface area contributed by atoms with E-state index >= 15 is 0 Å². The maximum Gasteiger partial charge on any atom is 0.321 e. The van der Waals surface area contributed by atoms with Crippen molar-refractivity contribution in [3.63, 3.8) is 0 Å². The fourth-order valence-electron chi connectivity index (χ4n) is 1.97. The second kappa shape index (κ2) is 6.46. The van der Waals surface area contributed by atoms with Crippen LogP contribution in [0.2, 0.25) is 5.02 Å². The van der Waals surface area contributed by atoms with Gasteiger partial charge in [0.25, 0.3) is 0 Å². The maximum atomic E-state index is 12.0. The summed E-state index contributed by atoms with van der Waals surface area (Å²) in [7, 11) is 0. The van der Waals surface area contributed by atoms with Gasteiger partial charge >= 0.3 is 6.03 Å². The Morgan fingerprint density at radius 3 is 2.84 bits per heavy atom. The van der Waals surface area contributed by atoms with Crippen molar-refractivity contribution in [2.45, 2.75) is 12.8 Å². The molecule has 1 saturated heterocycles. The van der Waals surface area contributed by atoms with E-state index < -0.39 is 0 Å². The molecular weight excluding hydrogens is 262 g/mol. The molecule has 1 aromatic carbocycles. The van der Waals surface area contributed by atoms with Crippen molar-refractivity contribution in [2.75, 3.05) is 25.0 Å². The number of carbonyl (C=O) groups excluding carboxylic acids is 1. The summed E-state index contributed by atoms with van der Waals surface area (Å²) in [5.41, 5.74) is 6.70. The zero-order valence-corrected chi connectivity index (χ0v) is 11.3. The number of carbonyl (C=O) groups is 1. The van der Waals surface area contributed by atoms with Crippen LogP contribution in [0.25, 0.3) is 0 Å². The molecule has 0 spiro atoms. The third-order valence-electron chi connectivity index (χ3n) is 2.94. The minimum atomic E-state index is -0.0717. The highest BCUT2D eigenvalue weighted by atomic mass is 35.5. The van der Waals surface area contributed by atoms with Crippen molar-refractivity contribution >= 4 is 23.3 Å². The summed E-state index contributed by atoms with van der Waals surface area (Å²) in [6.07, 6.45) is 2.14. The standard InChI is InChI=1S/C14H16ClN3O/c15-13-6-5-12(10-11(13)4-3-7-16)17-14(19)18-8-1-2-9-18/h5-6,10H,1-2,7-9,16H2,(H,17,19). The second-order valence-electron chi connectivity index (χ2n) is 4.32. The highest BCUT2D eigenvalue weighted by Gasteiger charge is 2.17. The van der Waals surface area contributed by atoms with Crippen LogP contribution in [-0.2, 0) is 0 Å². The predicted octanol–water partition coefficient (Wildman–Crippen LogP) is 2.28. The van der Waals surface area contributed by atoms with Crippen LogP contribution in [0.1, 0.15) is 18.4 Å². The lowest BCUT2D eigenvalue weighted by Crippen LogP contribution is -2.32. The van der Waals surface area contributed by atoms with E-state index in [9.17, 15) is 4.79 Å². The molecule has 0 atom stereocenters.